The highest BCUT2D eigenvalue weighted by Gasteiger charge is 2.13. The van der Waals surface area contributed by atoms with Gasteiger partial charge < -0.3 is 16.6 Å². The van der Waals surface area contributed by atoms with E-state index < -0.39 is 0 Å². The highest BCUT2D eigenvalue weighted by molar-refractivity contribution is 5.87. The monoisotopic (exact) mass is 153 g/mol. The smallest absolute Gasteiger partial charge is 0.0508 e. The van der Waals surface area contributed by atoms with Crippen LogP contribution in [0.25, 0.3) is 0 Å². The molecule has 0 aliphatic carbocycles. The Hall–Kier alpha value is -0.960. The van der Waals surface area contributed by atoms with Crippen LogP contribution in [-0.4, -0.2) is 18.0 Å². The molecule has 0 saturated heterocycles. The Kier molecular flexibility index (Phi) is 4.38. The SMILES string of the molecule is C/C=C\C(C(C)=N)C(N)C=N. The summed E-state index contributed by atoms with van der Waals surface area (Å²) in [5, 5.41) is 14.3. The van der Waals surface area contributed by atoms with Gasteiger partial charge in [0.05, 0.1) is 6.04 Å². The van der Waals surface area contributed by atoms with Gasteiger partial charge in [0.2, 0.25) is 0 Å². The van der Waals surface area contributed by atoms with Gasteiger partial charge in [-0.3, -0.25) is 0 Å². The number of hydrogen-bond donors (Lipinski definition) is 3. The summed E-state index contributed by atoms with van der Waals surface area (Å²) in [4.78, 5) is 0. The summed E-state index contributed by atoms with van der Waals surface area (Å²) in [6, 6.07) is -0.358. The van der Waals surface area contributed by atoms with Gasteiger partial charge >= 0.3 is 0 Å². The van der Waals surface area contributed by atoms with E-state index >= 15 is 0 Å². The van der Waals surface area contributed by atoms with Crippen LogP contribution in [0.5, 0.6) is 0 Å². The molecule has 0 heterocycles. The molecule has 0 rings (SSSR count). The Morgan fingerprint density at radius 2 is 2.09 bits per heavy atom. The van der Waals surface area contributed by atoms with E-state index in [0.29, 0.717) is 5.71 Å². The Morgan fingerprint density at radius 1 is 1.55 bits per heavy atom. The summed E-state index contributed by atoms with van der Waals surface area (Å²) >= 11 is 0. The third kappa shape index (κ3) is 3.09. The van der Waals surface area contributed by atoms with Crippen LogP contribution in [-0.2, 0) is 0 Å². The van der Waals surface area contributed by atoms with Crippen LogP contribution in [0.15, 0.2) is 12.2 Å². The standard InChI is InChI=1S/C8H15N3/c1-3-4-7(6(2)10)8(11)5-9/h3-5,7-10H,11H2,1-2H3/b4-3-,9-5?,10-6?. The predicted molar refractivity (Wildman–Crippen MR) is 48.5 cm³/mol. The molecule has 3 nitrogen and oxygen atoms in total. The summed E-state index contributed by atoms with van der Waals surface area (Å²) < 4.78 is 0. The van der Waals surface area contributed by atoms with E-state index in [1.807, 2.05) is 19.1 Å². The molecule has 0 amide bonds. The van der Waals surface area contributed by atoms with Crippen LogP contribution in [0.4, 0.5) is 0 Å². The van der Waals surface area contributed by atoms with E-state index in [9.17, 15) is 0 Å². The van der Waals surface area contributed by atoms with Crippen LogP contribution in [0.2, 0.25) is 0 Å². The zero-order valence-corrected chi connectivity index (χ0v) is 6.96. The lowest BCUT2D eigenvalue weighted by Gasteiger charge is -2.14. The molecule has 0 aliphatic heterocycles. The van der Waals surface area contributed by atoms with Gasteiger partial charge in [-0.05, 0) is 13.8 Å². The first-order valence-corrected chi connectivity index (χ1v) is 3.57. The van der Waals surface area contributed by atoms with Crippen molar-refractivity contribution in [2.45, 2.75) is 19.9 Å². The fraction of sp³-hybridized carbons (Fsp3) is 0.500. The van der Waals surface area contributed by atoms with Gasteiger partial charge in [0, 0.05) is 17.8 Å². The lowest BCUT2D eigenvalue weighted by atomic mass is 9.96. The van der Waals surface area contributed by atoms with Crippen molar-refractivity contribution >= 4 is 11.9 Å². The fourth-order valence-corrected chi connectivity index (χ4v) is 0.872. The molecule has 3 heteroatoms. The first-order chi connectivity index (χ1) is 5.13. The Labute approximate surface area is 67.3 Å². The van der Waals surface area contributed by atoms with Crippen LogP contribution in [0, 0.1) is 16.7 Å². The summed E-state index contributed by atoms with van der Waals surface area (Å²) in [5.41, 5.74) is 6.07. The van der Waals surface area contributed by atoms with Gasteiger partial charge in [0.15, 0.2) is 0 Å². The van der Waals surface area contributed by atoms with E-state index in [1.165, 1.54) is 6.21 Å². The lowest BCUT2D eigenvalue weighted by molar-refractivity contribution is 0.760. The predicted octanol–water partition coefficient (Wildman–Crippen LogP) is 1.20. The molecule has 0 spiro atoms. The second-order valence-electron chi connectivity index (χ2n) is 2.48. The Balaban J connectivity index is 4.32. The van der Waals surface area contributed by atoms with Crippen molar-refractivity contribution in [3.8, 4) is 0 Å². The van der Waals surface area contributed by atoms with E-state index in [4.69, 9.17) is 16.6 Å². The van der Waals surface area contributed by atoms with Crippen LogP contribution in [0.3, 0.4) is 0 Å². The molecule has 0 aromatic rings. The van der Waals surface area contributed by atoms with Crippen molar-refractivity contribution in [3.63, 3.8) is 0 Å². The molecular formula is C8H15N3. The summed E-state index contributed by atoms with van der Waals surface area (Å²) in [7, 11) is 0. The van der Waals surface area contributed by atoms with Gasteiger partial charge in [-0.15, -0.1) is 0 Å². The van der Waals surface area contributed by atoms with Gasteiger partial charge in [-0.1, -0.05) is 12.2 Å². The molecular weight excluding hydrogens is 138 g/mol. The van der Waals surface area contributed by atoms with E-state index in [0.717, 1.165) is 0 Å². The summed E-state index contributed by atoms with van der Waals surface area (Å²) in [5.74, 6) is -0.113. The van der Waals surface area contributed by atoms with Crippen molar-refractivity contribution in [1.29, 1.82) is 10.8 Å². The second kappa shape index (κ2) is 4.79. The van der Waals surface area contributed by atoms with Crippen LogP contribution >= 0.6 is 0 Å². The molecule has 2 unspecified atom stereocenters. The Bertz CT molecular complexity index is 172. The molecule has 0 fully saturated rings. The van der Waals surface area contributed by atoms with E-state index in [1.54, 1.807) is 6.92 Å². The molecule has 0 aromatic carbocycles. The van der Waals surface area contributed by atoms with Crippen molar-refractivity contribution in [2.75, 3.05) is 0 Å². The average Bonchev–Trinajstić information content (AvgIpc) is 1.98. The fourth-order valence-electron chi connectivity index (χ4n) is 0.872. The maximum atomic E-state index is 7.35. The van der Waals surface area contributed by atoms with Gasteiger partial charge in [0.25, 0.3) is 0 Å². The normalized spacial score (nSPS) is 16.3. The third-order valence-electron chi connectivity index (χ3n) is 1.51. The van der Waals surface area contributed by atoms with E-state index in [-0.39, 0.29) is 12.0 Å². The maximum absolute atomic E-state index is 7.35. The first kappa shape index (κ1) is 10.0. The van der Waals surface area contributed by atoms with Crippen molar-refractivity contribution in [1.82, 2.24) is 0 Å². The Morgan fingerprint density at radius 3 is 2.36 bits per heavy atom. The molecule has 0 saturated carbocycles. The average molecular weight is 153 g/mol. The van der Waals surface area contributed by atoms with E-state index in [2.05, 4.69) is 0 Å². The number of hydrogen-bond acceptors (Lipinski definition) is 3. The van der Waals surface area contributed by atoms with Crippen LogP contribution in [0.1, 0.15) is 13.8 Å². The number of allylic oxidation sites excluding steroid dienone is 1. The van der Waals surface area contributed by atoms with Crippen molar-refractivity contribution in [3.05, 3.63) is 12.2 Å². The molecule has 4 N–H and O–H groups in total. The zero-order chi connectivity index (χ0) is 8.85. The molecule has 0 aromatic heterocycles. The summed E-state index contributed by atoms with van der Waals surface area (Å²) in [6.07, 6.45) is 4.87. The maximum Gasteiger partial charge on any atom is 0.0508 e. The highest BCUT2D eigenvalue weighted by Crippen LogP contribution is 2.03. The molecule has 0 aliphatic rings. The minimum Gasteiger partial charge on any atom is -0.322 e. The van der Waals surface area contributed by atoms with Crippen LogP contribution < -0.4 is 5.73 Å². The first-order valence-electron chi connectivity index (χ1n) is 3.57. The number of nitrogens with two attached hydrogens (primary N) is 1. The zero-order valence-electron chi connectivity index (χ0n) is 6.96. The number of nitrogens with one attached hydrogen (secondary N) is 2. The summed E-state index contributed by atoms with van der Waals surface area (Å²) in [6.45, 7) is 3.58. The second-order valence-corrected chi connectivity index (χ2v) is 2.48. The lowest BCUT2D eigenvalue weighted by Crippen LogP contribution is -2.34. The molecule has 0 radical (unpaired) electrons. The van der Waals surface area contributed by atoms with Gasteiger partial charge in [-0.2, -0.15) is 0 Å². The molecule has 62 valence electrons. The van der Waals surface area contributed by atoms with Gasteiger partial charge in [0.1, 0.15) is 0 Å². The van der Waals surface area contributed by atoms with Gasteiger partial charge in [-0.25, -0.2) is 0 Å². The highest BCUT2D eigenvalue weighted by atomic mass is 14.7. The van der Waals surface area contributed by atoms with Crippen molar-refractivity contribution < 1.29 is 0 Å². The minimum atomic E-state index is -0.358. The largest absolute Gasteiger partial charge is 0.322 e. The topological polar surface area (TPSA) is 73.7 Å². The molecule has 11 heavy (non-hydrogen) atoms. The number of rotatable bonds is 4. The third-order valence-corrected chi connectivity index (χ3v) is 1.51. The molecule has 0 bridgehead atoms. The molecule has 2 atom stereocenters. The minimum absolute atomic E-state index is 0.113. The quantitative estimate of drug-likeness (QED) is 0.412. The van der Waals surface area contributed by atoms with Crippen molar-refractivity contribution in [2.24, 2.45) is 11.7 Å².